The van der Waals surface area contributed by atoms with Crippen LogP contribution in [0.25, 0.3) is 0 Å². The van der Waals surface area contributed by atoms with Gasteiger partial charge in [0.25, 0.3) is 0 Å². The van der Waals surface area contributed by atoms with Gasteiger partial charge in [-0.15, -0.1) is 0 Å². The van der Waals surface area contributed by atoms with E-state index in [9.17, 15) is 0 Å². The molecule has 0 bridgehead atoms. The van der Waals surface area contributed by atoms with Crippen LogP contribution < -0.4 is 29.6 Å². The molecule has 12 heteroatoms. The molecule has 0 atom stereocenters. The molecule has 0 aliphatic heterocycles. The predicted octanol–water partition coefficient (Wildman–Crippen LogP) is -7.46. The van der Waals surface area contributed by atoms with Crippen molar-refractivity contribution in [2.75, 3.05) is 0 Å². The summed E-state index contributed by atoms with van der Waals surface area (Å²) in [5, 5.41) is 0. The van der Waals surface area contributed by atoms with Gasteiger partial charge in [0.05, 0.1) is 0 Å². The van der Waals surface area contributed by atoms with Crippen LogP contribution in [-0.4, -0.2) is 171 Å². The molecule has 0 saturated heterocycles. The maximum absolute atomic E-state index is 7.33. The van der Waals surface area contributed by atoms with Gasteiger partial charge < -0.3 is 40.1 Å². The van der Waals surface area contributed by atoms with Gasteiger partial charge in [-0.05, 0) is 0 Å². The fourth-order valence-electron chi connectivity index (χ4n) is 0. The first-order valence-electron chi connectivity index (χ1n) is 0.894. The van der Waals surface area contributed by atoms with Gasteiger partial charge in [0.1, 0.15) is 0 Å². The number of hydrogen-bond acceptors (Lipinski definition) is 4. The van der Waals surface area contributed by atoms with Crippen molar-refractivity contribution in [1.29, 1.82) is 0 Å². The van der Waals surface area contributed by atoms with Crippen molar-refractivity contribution in [2.45, 2.75) is 0 Å². The van der Waals surface area contributed by atoms with Crippen LogP contribution >= 0.6 is 0 Å². The first kappa shape index (κ1) is 53.3. The van der Waals surface area contributed by atoms with Crippen molar-refractivity contribution in [1.82, 2.24) is 0 Å². The predicted molar refractivity (Wildman–Crippen MR) is 49.4 cm³/mol. The van der Waals surface area contributed by atoms with Crippen LogP contribution in [0.4, 0.5) is 4.70 Å². The third kappa shape index (κ3) is 113. The van der Waals surface area contributed by atoms with Gasteiger partial charge in [0, 0.05) is 0 Å². The first-order chi connectivity index (χ1) is 2.00. The zero-order chi connectivity index (χ0) is 4.50. The summed E-state index contributed by atoms with van der Waals surface area (Å²) >= 11 is 0. The monoisotopic (exact) mass is 448 g/mol. The van der Waals surface area contributed by atoms with Crippen LogP contribution in [0.3, 0.4) is 0 Å². The van der Waals surface area contributed by atoms with E-state index < -0.39 is 9.05 Å². The number of hydrogen-bond donors (Lipinski definition) is 4. The minimum atomic E-state index is -4.61. The second-order valence-electron chi connectivity index (χ2n) is 0.600. The minimum absolute atomic E-state index is 0. The largest absolute Gasteiger partial charge is 2.00 e. The van der Waals surface area contributed by atoms with Gasteiger partial charge in [0.15, 0.2) is 0 Å². The second-order valence-corrected chi connectivity index (χ2v) is 1.80. The maximum Gasteiger partial charge on any atom is 2.00 e. The molecule has 0 radical (unpaired) electrons. The molecule has 0 saturated carbocycles. The maximum atomic E-state index is 7.33. The summed E-state index contributed by atoms with van der Waals surface area (Å²) in [6.45, 7) is 0. The second kappa shape index (κ2) is 29.8. The van der Waals surface area contributed by atoms with Gasteiger partial charge in [-0.2, -0.15) is 0 Å². The average molecular weight is 447 g/mol. The summed E-state index contributed by atoms with van der Waals surface area (Å²) in [6, 6.07) is 0. The molecule has 0 amide bonds. The van der Waals surface area contributed by atoms with E-state index in [1.165, 1.54) is 0 Å². The van der Waals surface area contributed by atoms with E-state index >= 15 is 0 Å². The van der Waals surface area contributed by atoms with Crippen molar-refractivity contribution in [3.05, 3.63) is 0 Å². The van der Waals surface area contributed by atoms with Crippen LogP contribution in [-0.2, 0) is 0 Å². The minimum Gasteiger partial charge on any atom is -1.00 e. The van der Waals surface area contributed by atoms with Crippen LogP contribution in [0.2, 0.25) is 0 Å². The van der Waals surface area contributed by atoms with E-state index in [1.807, 2.05) is 0 Å². The van der Waals surface area contributed by atoms with Crippen molar-refractivity contribution in [3.63, 3.8) is 0 Å². The Morgan fingerprint density at radius 3 is 0.917 bits per heavy atom. The number of halogens is 1. The molecule has 0 aromatic carbocycles. The smallest absolute Gasteiger partial charge is 1.00 e. The molecule has 0 spiro atoms. The molecule has 0 aliphatic carbocycles. The molecule has 0 aliphatic rings. The van der Waals surface area contributed by atoms with Crippen molar-refractivity contribution in [2.24, 2.45) is 0 Å². The first-order valence-corrected chi connectivity index (χ1v) is 2.68. The van der Waals surface area contributed by atoms with E-state index in [1.54, 1.807) is 0 Å². The standard InChI is InChI=1S/Ba.Ca.FH.Na.H4O4Si.2H2O.Sr.7H/c;;;;1-5(2,3)4;;;;;;;;;;/h;;1H;;1-4H;2*1H2;;;;;;;;/q2*+2;;+1;;;;+2;7*-1. The SMILES string of the molecule is F.O.O.O[Si](O)(O)O.[Ba+2].[Ca+2].[H-].[H-].[H-].[H-].[H-].[H-].[H-].[Na+].[Sr+2]. The van der Waals surface area contributed by atoms with Crippen LogP contribution in [0.1, 0.15) is 9.99 Å². The molecule has 6 nitrogen and oxygen atoms in total. The Bertz CT molecular complexity index is 61.1. The summed E-state index contributed by atoms with van der Waals surface area (Å²) in [7, 11) is -4.61. The Morgan fingerprint density at radius 2 is 0.917 bits per heavy atom. The molecule has 0 aromatic rings. The van der Waals surface area contributed by atoms with Crippen molar-refractivity contribution >= 4 is 141 Å². The quantitative estimate of drug-likeness (QED) is 0.274. The third-order valence-corrected chi connectivity index (χ3v) is 0. The summed E-state index contributed by atoms with van der Waals surface area (Å²) in [6.07, 6.45) is 0. The van der Waals surface area contributed by atoms with Gasteiger partial charge in [0.2, 0.25) is 0 Å². The van der Waals surface area contributed by atoms with E-state index in [-0.39, 0.29) is 187 Å². The Balaban J connectivity index is -0.000000000879. The molecule has 8 N–H and O–H groups in total. The molecule has 0 aromatic heterocycles. The van der Waals surface area contributed by atoms with Gasteiger partial charge in [-0.1, -0.05) is 0 Å². The van der Waals surface area contributed by atoms with E-state index in [0.29, 0.717) is 0 Å². The van der Waals surface area contributed by atoms with Crippen LogP contribution in [0.5, 0.6) is 0 Å². The molecule has 0 rings (SSSR count). The number of rotatable bonds is 0. The molecular formula is H16BaCaFNaO6SiSr. The Kier molecular flexibility index (Phi) is 133. The summed E-state index contributed by atoms with van der Waals surface area (Å²) in [4.78, 5) is 29.3. The molecule has 0 heterocycles. The molecule has 0 fully saturated rings. The summed E-state index contributed by atoms with van der Waals surface area (Å²) in [5.41, 5.74) is 0. The average Bonchev–Trinajstić information content (AvgIpc) is 0.722. The van der Waals surface area contributed by atoms with Crippen molar-refractivity contribution in [3.8, 4) is 0 Å². The Labute approximate surface area is 210 Å². The van der Waals surface area contributed by atoms with Crippen LogP contribution in [0, 0.1) is 0 Å². The Hall–Kier alpha value is 5.22. The fraction of sp³-hybridized carbons (Fsp3) is 0. The van der Waals surface area contributed by atoms with Gasteiger partial charge >= 0.3 is 171 Å². The topological polar surface area (TPSA) is 144 Å². The zero-order valence-electron chi connectivity index (χ0n) is 13.8. The van der Waals surface area contributed by atoms with E-state index in [0.717, 1.165) is 0 Å². The molecule has 70 valence electrons. The molecule has 0 unspecified atom stereocenters. The van der Waals surface area contributed by atoms with E-state index in [2.05, 4.69) is 0 Å². The fourth-order valence-corrected chi connectivity index (χ4v) is 0. The normalized spacial score (nSPS) is 5.00. The van der Waals surface area contributed by atoms with E-state index in [4.69, 9.17) is 19.2 Å². The molecule has 12 heavy (non-hydrogen) atoms. The Morgan fingerprint density at radius 1 is 0.917 bits per heavy atom. The molecular weight excluding hydrogens is 431 g/mol. The zero-order valence-corrected chi connectivity index (χ0v) is 19.9. The van der Waals surface area contributed by atoms with Crippen molar-refractivity contribution < 1.29 is 74.4 Å². The summed E-state index contributed by atoms with van der Waals surface area (Å²) < 4.78 is 0. The summed E-state index contributed by atoms with van der Waals surface area (Å²) in [5.74, 6) is 0. The van der Waals surface area contributed by atoms with Crippen LogP contribution in [0.15, 0.2) is 0 Å². The third-order valence-electron chi connectivity index (χ3n) is 0. The van der Waals surface area contributed by atoms with Gasteiger partial charge in [-0.3, -0.25) is 4.70 Å². The van der Waals surface area contributed by atoms with Gasteiger partial charge in [-0.25, -0.2) is 0 Å².